The quantitative estimate of drug-likeness (QED) is 0.673. The number of rotatable bonds is 3. The Morgan fingerprint density at radius 3 is 3.00 bits per heavy atom. The van der Waals surface area contributed by atoms with Crippen LogP contribution >= 0.6 is 0 Å². The Hall–Kier alpha value is -2.68. The third-order valence-corrected chi connectivity index (χ3v) is 2.41. The first-order valence-corrected chi connectivity index (χ1v) is 5.51. The van der Waals surface area contributed by atoms with Gasteiger partial charge in [-0.2, -0.15) is 10.3 Å². The van der Waals surface area contributed by atoms with E-state index in [0.29, 0.717) is 5.56 Å². The Morgan fingerprint density at radius 2 is 2.32 bits per heavy atom. The van der Waals surface area contributed by atoms with Crippen molar-refractivity contribution < 1.29 is 13.9 Å². The van der Waals surface area contributed by atoms with E-state index in [1.165, 1.54) is 18.2 Å². The van der Waals surface area contributed by atoms with Crippen molar-refractivity contribution in [1.82, 2.24) is 15.4 Å². The van der Waals surface area contributed by atoms with Crippen molar-refractivity contribution in [2.24, 2.45) is 0 Å². The monoisotopic (exact) mass is 259 g/mol. The smallest absolute Gasteiger partial charge is 0.361 e. The second kappa shape index (κ2) is 5.31. The highest BCUT2D eigenvalue weighted by Crippen LogP contribution is 2.22. The van der Waals surface area contributed by atoms with Crippen LogP contribution in [0, 0.1) is 18.2 Å². The molecule has 1 heterocycles. The number of aromatic amines is 1. The van der Waals surface area contributed by atoms with Crippen molar-refractivity contribution in [2.75, 3.05) is 6.61 Å². The van der Waals surface area contributed by atoms with Gasteiger partial charge in [0.1, 0.15) is 11.5 Å². The van der Waals surface area contributed by atoms with Crippen molar-refractivity contribution in [3.05, 3.63) is 35.3 Å². The highest BCUT2D eigenvalue weighted by molar-refractivity contribution is 5.93. The fraction of sp³-hybridized carbons (Fsp3) is 0.154. The normalized spacial score (nSPS) is 9.95. The molecule has 96 valence electrons. The van der Waals surface area contributed by atoms with Crippen molar-refractivity contribution >= 4 is 5.97 Å². The summed E-state index contributed by atoms with van der Waals surface area (Å²) in [7, 11) is 0. The summed E-state index contributed by atoms with van der Waals surface area (Å²) in [5.74, 6) is 1.12. The maximum Gasteiger partial charge on any atom is 0.361 e. The highest BCUT2D eigenvalue weighted by atomic mass is 19.1. The number of hydrogen-bond donors (Lipinski definition) is 1. The number of benzene rings is 1. The van der Waals surface area contributed by atoms with Gasteiger partial charge >= 0.3 is 5.97 Å². The van der Waals surface area contributed by atoms with Crippen LogP contribution in [0.1, 0.15) is 23.0 Å². The van der Waals surface area contributed by atoms with Crippen molar-refractivity contribution in [2.45, 2.75) is 6.92 Å². The van der Waals surface area contributed by atoms with Gasteiger partial charge in [-0.25, -0.2) is 9.18 Å². The van der Waals surface area contributed by atoms with E-state index in [-0.39, 0.29) is 23.6 Å². The predicted octanol–water partition coefficient (Wildman–Crippen LogP) is 1.77. The third kappa shape index (κ3) is 2.45. The number of terminal acetylenes is 1. The predicted molar refractivity (Wildman–Crippen MR) is 65.7 cm³/mol. The molecular formula is C13H10FN3O2. The largest absolute Gasteiger partial charge is 0.461 e. The maximum absolute atomic E-state index is 13.3. The topological polar surface area (TPSA) is 67.9 Å². The lowest BCUT2D eigenvalue weighted by Crippen LogP contribution is -2.06. The number of carbonyl (C=O) groups excluding carboxylic acids is 1. The van der Waals surface area contributed by atoms with Crippen molar-refractivity contribution in [1.29, 1.82) is 0 Å². The number of ether oxygens (including phenoxy) is 1. The Kier molecular flexibility index (Phi) is 3.57. The molecule has 0 radical (unpaired) electrons. The van der Waals surface area contributed by atoms with Gasteiger partial charge in [0.05, 0.1) is 12.2 Å². The molecule has 0 saturated heterocycles. The zero-order valence-corrected chi connectivity index (χ0v) is 10.1. The molecule has 0 aliphatic heterocycles. The van der Waals surface area contributed by atoms with Gasteiger partial charge < -0.3 is 4.74 Å². The number of aromatic nitrogens is 3. The van der Waals surface area contributed by atoms with Crippen LogP contribution in [0.2, 0.25) is 0 Å². The van der Waals surface area contributed by atoms with Gasteiger partial charge in [0, 0.05) is 5.56 Å². The molecule has 19 heavy (non-hydrogen) atoms. The molecule has 0 unspecified atom stereocenters. The first kappa shape index (κ1) is 12.8. The lowest BCUT2D eigenvalue weighted by Gasteiger charge is -2.02. The molecule has 0 aliphatic rings. The molecule has 6 heteroatoms. The molecule has 0 spiro atoms. The van der Waals surface area contributed by atoms with Gasteiger partial charge in [0.15, 0.2) is 5.69 Å². The van der Waals surface area contributed by atoms with E-state index >= 15 is 0 Å². The van der Waals surface area contributed by atoms with E-state index in [9.17, 15) is 9.18 Å². The van der Waals surface area contributed by atoms with E-state index in [1.807, 2.05) is 0 Å². The van der Waals surface area contributed by atoms with Gasteiger partial charge in [-0.15, -0.1) is 11.5 Å². The second-order valence-electron chi connectivity index (χ2n) is 3.58. The van der Waals surface area contributed by atoms with E-state index in [4.69, 9.17) is 11.2 Å². The Balaban J connectivity index is 2.46. The Labute approximate surface area is 108 Å². The number of carbonyl (C=O) groups is 1. The summed E-state index contributed by atoms with van der Waals surface area (Å²) >= 11 is 0. The number of H-pyrrole nitrogens is 1. The molecule has 1 aromatic carbocycles. The summed E-state index contributed by atoms with van der Waals surface area (Å²) < 4.78 is 18.2. The summed E-state index contributed by atoms with van der Waals surface area (Å²) in [5, 5.41) is 9.94. The number of halogens is 1. The Bertz CT molecular complexity index is 658. The molecule has 2 aromatic rings. The van der Waals surface area contributed by atoms with Crippen molar-refractivity contribution in [3.63, 3.8) is 0 Å². The lowest BCUT2D eigenvalue weighted by molar-refractivity contribution is 0.0520. The number of esters is 1. The molecular weight excluding hydrogens is 249 g/mol. The summed E-state index contributed by atoms with van der Waals surface area (Å²) in [4.78, 5) is 11.7. The summed E-state index contributed by atoms with van der Waals surface area (Å²) in [6.07, 6.45) is 5.19. The maximum atomic E-state index is 13.3. The molecule has 0 atom stereocenters. The van der Waals surface area contributed by atoms with Crippen molar-refractivity contribution in [3.8, 4) is 23.6 Å². The minimum atomic E-state index is -0.599. The van der Waals surface area contributed by atoms with Crippen LogP contribution in [-0.4, -0.2) is 28.0 Å². The molecule has 0 saturated carbocycles. The standard InChI is InChI=1S/C13H10FN3O2/c1-3-8-7-9(5-6-10(8)14)11-12(16-17-15-11)13(18)19-4-2/h1,5-7H,4H2,2H3,(H,15,16,17). The van der Waals surface area contributed by atoms with E-state index in [1.54, 1.807) is 6.92 Å². The Morgan fingerprint density at radius 1 is 1.53 bits per heavy atom. The minimum Gasteiger partial charge on any atom is -0.461 e. The summed E-state index contributed by atoms with van der Waals surface area (Å²) in [6.45, 7) is 1.91. The minimum absolute atomic E-state index is 0.0384. The fourth-order valence-corrected chi connectivity index (χ4v) is 1.56. The van der Waals surface area contributed by atoms with Gasteiger partial charge in [-0.05, 0) is 25.1 Å². The average Bonchev–Trinajstić information content (AvgIpc) is 2.89. The van der Waals surface area contributed by atoms with Crippen LogP contribution in [0.3, 0.4) is 0 Å². The zero-order valence-electron chi connectivity index (χ0n) is 10.1. The number of nitrogens with zero attached hydrogens (tertiary/aromatic N) is 2. The van der Waals surface area contributed by atoms with Gasteiger partial charge in [0.25, 0.3) is 0 Å². The number of nitrogens with one attached hydrogen (secondary N) is 1. The lowest BCUT2D eigenvalue weighted by atomic mass is 10.1. The average molecular weight is 259 g/mol. The first-order valence-electron chi connectivity index (χ1n) is 5.51. The zero-order chi connectivity index (χ0) is 13.8. The van der Waals surface area contributed by atoms with Crippen LogP contribution in [0.15, 0.2) is 18.2 Å². The van der Waals surface area contributed by atoms with Crippen LogP contribution in [0.5, 0.6) is 0 Å². The van der Waals surface area contributed by atoms with E-state index in [2.05, 4.69) is 21.3 Å². The summed E-state index contributed by atoms with van der Waals surface area (Å²) in [5.41, 5.74) is 0.896. The molecule has 2 rings (SSSR count). The molecule has 0 fully saturated rings. The van der Waals surface area contributed by atoms with Crippen LogP contribution in [-0.2, 0) is 4.74 Å². The van der Waals surface area contributed by atoms with Gasteiger partial charge in [0.2, 0.25) is 0 Å². The fourth-order valence-electron chi connectivity index (χ4n) is 1.56. The van der Waals surface area contributed by atoms with E-state index in [0.717, 1.165) is 0 Å². The summed E-state index contributed by atoms with van der Waals surface area (Å²) in [6, 6.07) is 4.11. The molecule has 0 aliphatic carbocycles. The molecule has 1 N–H and O–H groups in total. The van der Waals surface area contributed by atoms with Crippen LogP contribution < -0.4 is 0 Å². The highest BCUT2D eigenvalue weighted by Gasteiger charge is 2.19. The van der Waals surface area contributed by atoms with Gasteiger partial charge in [-0.3, -0.25) is 0 Å². The SMILES string of the molecule is C#Cc1cc(-c2n[nH]nc2C(=O)OCC)ccc1F. The van der Waals surface area contributed by atoms with E-state index < -0.39 is 11.8 Å². The first-order chi connectivity index (χ1) is 9.17. The second-order valence-corrected chi connectivity index (χ2v) is 3.58. The molecule has 1 aromatic heterocycles. The molecule has 5 nitrogen and oxygen atoms in total. The molecule has 0 bridgehead atoms. The third-order valence-electron chi connectivity index (χ3n) is 2.41. The van der Waals surface area contributed by atoms with Crippen LogP contribution in [0.25, 0.3) is 11.3 Å². The number of hydrogen-bond acceptors (Lipinski definition) is 4. The van der Waals surface area contributed by atoms with Crippen LogP contribution in [0.4, 0.5) is 4.39 Å². The molecule has 0 amide bonds. The van der Waals surface area contributed by atoms with Gasteiger partial charge in [-0.1, -0.05) is 5.92 Å².